The molecule has 0 atom stereocenters. The van der Waals surface area contributed by atoms with Crippen molar-refractivity contribution in [3.8, 4) is 5.75 Å². The molecule has 0 spiro atoms. The SMILES string of the molecule is CCCCCCCCCCOCCOCCOCCOCCOCCOCCOCCOCCOCCOCCOCCOc1ccc(N)cc1. The van der Waals surface area contributed by atoms with E-state index >= 15 is 0 Å². The molecule has 300 valence electrons. The number of benzene rings is 1. The summed E-state index contributed by atoms with van der Waals surface area (Å²) < 4.78 is 66.2. The van der Waals surface area contributed by atoms with Crippen LogP contribution in [0.3, 0.4) is 0 Å². The average molecular weight is 734 g/mol. The summed E-state index contributed by atoms with van der Waals surface area (Å²) in [4.78, 5) is 0. The summed E-state index contributed by atoms with van der Waals surface area (Å²) in [6, 6.07) is 7.27. The smallest absolute Gasteiger partial charge is 0.119 e. The molecule has 1 aromatic carbocycles. The molecule has 0 saturated heterocycles. The van der Waals surface area contributed by atoms with E-state index in [1.807, 2.05) is 12.1 Å². The van der Waals surface area contributed by atoms with E-state index in [1.54, 1.807) is 12.1 Å². The standard InChI is InChI=1S/C38H71NO12/c1-2-3-4-5-6-7-8-9-14-40-15-16-41-17-18-42-19-20-43-21-22-44-23-24-45-25-26-46-27-28-47-29-30-48-31-32-49-33-34-50-35-36-51-38-12-10-37(39)11-13-38/h10-13H,2-9,14-36,39H2,1H3. The zero-order valence-corrected chi connectivity index (χ0v) is 31.7. The van der Waals surface area contributed by atoms with Crippen LogP contribution in [-0.2, 0) is 52.1 Å². The highest BCUT2D eigenvalue weighted by molar-refractivity contribution is 5.41. The zero-order chi connectivity index (χ0) is 36.4. The molecule has 0 heterocycles. The van der Waals surface area contributed by atoms with Crippen LogP contribution in [0.5, 0.6) is 5.75 Å². The Kier molecular flexibility index (Phi) is 38.2. The van der Waals surface area contributed by atoms with E-state index in [0.29, 0.717) is 151 Å². The summed E-state index contributed by atoms with van der Waals surface area (Å²) in [7, 11) is 0. The molecule has 0 fully saturated rings. The average Bonchev–Trinajstić information content (AvgIpc) is 3.14. The molecule has 0 aliphatic rings. The molecule has 0 aliphatic heterocycles. The van der Waals surface area contributed by atoms with Gasteiger partial charge in [0, 0.05) is 12.3 Å². The van der Waals surface area contributed by atoms with E-state index in [0.717, 1.165) is 18.8 Å². The Morgan fingerprint density at radius 1 is 0.314 bits per heavy atom. The van der Waals surface area contributed by atoms with Crippen LogP contribution >= 0.6 is 0 Å². The highest BCUT2D eigenvalue weighted by atomic mass is 16.6. The highest BCUT2D eigenvalue weighted by Gasteiger charge is 1.98. The van der Waals surface area contributed by atoms with Crippen molar-refractivity contribution < 1.29 is 56.8 Å². The number of nitrogens with two attached hydrogens (primary N) is 1. The molecule has 51 heavy (non-hydrogen) atoms. The van der Waals surface area contributed by atoms with Gasteiger partial charge in [-0.25, -0.2) is 0 Å². The number of nitrogen functional groups attached to an aromatic ring is 1. The van der Waals surface area contributed by atoms with Gasteiger partial charge >= 0.3 is 0 Å². The number of rotatable bonds is 43. The predicted molar refractivity (Wildman–Crippen MR) is 198 cm³/mol. The van der Waals surface area contributed by atoms with Crippen molar-refractivity contribution in [1.29, 1.82) is 0 Å². The minimum atomic E-state index is 0.477. The van der Waals surface area contributed by atoms with Gasteiger partial charge in [0.25, 0.3) is 0 Å². The van der Waals surface area contributed by atoms with E-state index in [4.69, 9.17) is 62.6 Å². The van der Waals surface area contributed by atoms with Crippen LogP contribution in [0.25, 0.3) is 0 Å². The number of ether oxygens (including phenoxy) is 12. The minimum Gasteiger partial charge on any atom is -0.491 e. The van der Waals surface area contributed by atoms with Crippen LogP contribution in [0.4, 0.5) is 5.69 Å². The zero-order valence-electron chi connectivity index (χ0n) is 31.7. The molecule has 0 unspecified atom stereocenters. The third-order valence-corrected chi connectivity index (χ3v) is 7.24. The maximum atomic E-state index is 5.65. The quantitative estimate of drug-likeness (QED) is 0.0715. The third-order valence-electron chi connectivity index (χ3n) is 7.24. The van der Waals surface area contributed by atoms with Crippen molar-refractivity contribution in [1.82, 2.24) is 0 Å². The van der Waals surface area contributed by atoms with Crippen molar-refractivity contribution in [3.05, 3.63) is 24.3 Å². The second kappa shape index (κ2) is 41.1. The van der Waals surface area contributed by atoms with Gasteiger partial charge < -0.3 is 62.6 Å². The van der Waals surface area contributed by atoms with Crippen LogP contribution in [0, 0.1) is 0 Å². The van der Waals surface area contributed by atoms with Crippen molar-refractivity contribution in [2.45, 2.75) is 58.3 Å². The topological polar surface area (TPSA) is 137 Å². The highest BCUT2D eigenvalue weighted by Crippen LogP contribution is 2.12. The van der Waals surface area contributed by atoms with E-state index in [9.17, 15) is 0 Å². The Hall–Kier alpha value is -1.62. The van der Waals surface area contributed by atoms with Crippen LogP contribution in [0.2, 0.25) is 0 Å². The number of unbranched alkanes of at least 4 members (excludes halogenated alkanes) is 7. The Balaban J connectivity index is 1.61. The molecule has 2 N–H and O–H groups in total. The first-order valence-corrected chi connectivity index (χ1v) is 19.2. The Morgan fingerprint density at radius 3 is 0.882 bits per heavy atom. The van der Waals surface area contributed by atoms with Gasteiger partial charge in [0.05, 0.1) is 139 Å². The molecular formula is C38H71NO12. The van der Waals surface area contributed by atoms with E-state index < -0.39 is 0 Å². The molecule has 0 aromatic heterocycles. The predicted octanol–water partition coefficient (Wildman–Crippen LogP) is 4.97. The molecule has 13 heteroatoms. The van der Waals surface area contributed by atoms with Gasteiger partial charge in [-0.1, -0.05) is 51.9 Å². The summed E-state index contributed by atoms with van der Waals surface area (Å²) in [5.74, 6) is 0.774. The number of hydrogen-bond donors (Lipinski definition) is 1. The molecule has 0 saturated carbocycles. The first kappa shape index (κ1) is 47.4. The third kappa shape index (κ3) is 37.9. The maximum Gasteiger partial charge on any atom is 0.119 e. The monoisotopic (exact) mass is 733 g/mol. The van der Waals surface area contributed by atoms with Crippen molar-refractivity contribution in [2.75, 3.05) is 158 Å². The molecule has 0 amide bonds. The summed E-state index contributed by atoms with van der Waals surface area (Å²) in [5, 5.41) is 0. The van der Waals surface area contributed by atoms with Gasteiger partial charge in [-0.3, -0.25) is 0 Å². The van der Waals surface area contributed by atoms with Gasteiger partial charge in [-0.2, -0.15) is 0 Å². The van der Waals surface area contributed by atoms with Crippen LogP contribution < -0.4 is 10.5 Å². The first-order chi connectivity index (χ1) is 25.3. The lowest BCUT2D eigenvalue weighted by molar-refractivity contribution is -0.0277. The maximum absolute atomic E-state index is 5.65. The molecule has 1 aromatic rings. The molecule has 0 bridgehead atoms. The summed E-state index contributed by atoms with van der Waals surface area (Å²) >= 11 is 0. The second-order valence-electron chi connectivity index (χ2n) is 11.6. The summed E-state index contributed by atoms with van der Waals surface area (Å²) in [5.41, 5.74) is 6.36. The molecule has 0 aliphatic carbocycles. The van der Waals surface area contributed by atoms with Gasteiger partial charge in [0.1, 0.15) is 12.4 Å². The molecule has 1 rings (SSSR count). The molecule has 0 radical (unpaired) electrons. The van der Waals surface area contributed by atoms with E-state index in [2.05, 4.69) is 6.92 Å². The van der Waals surface area contributed by atoms with Crippen molar-refractivity contribution in [3.63, 3.8) is 0 Å². The number of hydrogen-bond acceptors (Lipinski definition) is 13. The molecule has 13 nitrogen and oxygen atoms in total. The van der Waals surface area contributed by atoms with Crippen LogP contribution in [0.15, 0.2) is 24.3 Å². The van der Waals surface area contributed by atoms with E-state index in [1.165, 1.54) is 44.9 Å². The van der Waals surface area contributed by atoms with Gasteiger partial charge in [0.15, 0.2) is 0 Å². The Labute approximate surface area is 308 Å². The van der Waals surface area contributed by atoms with Crippen LogP contribution in [0.1, 0.15) is 58.3 Å². The van der Waals surface area contributed by atoms with Crippen molar-refractivity contribution in [2.24, 2.45) is 0 Å². The fourth-order valence-corrected chi connectivity index (χ4v) is 4.42. The first-order valence-electron chi connectivity index (χ1n) is 19.2. The minimum absolute atomic E-state index is 0.477. The van der Waals surface area contributed by atoms with Crippen LogP contribution in [-0.4, -0.2) is 152 Å². The normalized spacial score (nSPS) is 11.5. The lowest BCUT2D eigenvalue weighted by Crippen LogP contribution is -2.15. The fraction of sp³-hybridized carbons (Fsp3) is 0.842. The second-order valence-corrected chi connectivity index (χ2v) is 11.6. The Morgan fingerprint density at radius 2 is 0.569 bits per heavy atom. The lowest BCUT2D eigenvalue weighted by Gasteiger charge is -2.09. The molecular weight excluding hydrogens is 662 g/mol. The van der Waals surface area contributed by atoms with Gasteiger partial charge in [-0.15, -0.1) is 0 Å². The lowest BCUT2D eigenvalue weighted by atomic mass is 10.1. The summed E-state index contributed by atoms with van der Waals surface area (Å²) in [6.07, 6.45) is 10.5. The van der Waals surface area contributed by atoms with Gasteiger partial charge in [-0.05, 0) is 30.7 Å². The largest absolute Gasteiger partial charge is 0.491 e. The summed E-state index contributed by atoms with van der Waals surface area (Å²) in [6.45, 7) is 14.7. The van der Waals surface area contributed by atoms with E-state index in [-0.39, 0.29) is 0 Å². The van der Waals surface area contributed by atoms with Crippen molar-refractivity contribution >= 4 is 5.69 Å². The fourth-order valence-electron chi connectivity index (χ4n) is 4.42. The Bertz CT molecular complexity index is 793. The number of anilines is 1. The van der Waals surface area contributed by atoms with Gasteiger partial charge in [0.2, 0.25) is 0 Å².